The van der Waals surface area contributed by atoms with Crippen LogP contribution >= 0.6 is 0 Å². The third-order valence-electron chi connectivity index (χ3n) is 5.63. The summed E-state index contributed by atoms with van der Waals surface area (Å²) in [7, 11) is 0. The van der Waals surface area contributed by atoms with Gasteiger partial charge in [-0.25, -0.2) is 4.39 Å². The standard InChI is InChI=1S/C21H19F4N3O2/c22-16-6-3-5-15(21(23,24)25)19(16)20(26-30)27-10-8-14(9-11-27)28-17-7-2-1-4-13(17)12-18(28)29/h1-7,14,30H,8-12H2. The summed E-state index contributed by atoms with van der Waals surface area (Å²) in [4.78, 5) is 15.7. The molecule has 158 valence electrons. The molecule has 1 fully saturated rings. The first-order valence-electron chi connectivity index (χ1n) is 9.54. The van der Waals surface area contributed by atoms with Crippen LogP contribution in [0.2, 0.25) is 0 Å². The van der Waals surface area contributed by atoms with Gasteiger partial charge in [-0.05, 0) is 36.6 Å². The Morgan fingerprint density at radius 3 is 2.43 bits per heavy atom. The molecule has 0 atom stereocenters. The number of likely N-dealkylation sites (tertiary alicyclic amines) is 1. The van der Waals surface area contributed by atoms with Crippen LogP contribution in [-0.2, 0) is 17.4 Å². The Morgan fingerprint density at radius 1 is 1.07 bits per heavy atom. The van der Waals surface area contributed by atoms with Gasteiger partial charge in [0.2, 0.25) is 5.91 Å². The lowest BCUT2D eigenvalue weighted by molar-refractivity contribution is -0.138. The van der Waals surface area contributed by atoms with Gasteiger partial charge in [0.15, 0.2) is 5.84 Å². The summed E-state index contributed by atoms with van der Waals surface area (Å²) in [6, 6.07) is 10.0. The summed E-state index contributed by atoms with van der Waals surface area (Å²) >= 11 is 0. The second kappa shape index (κ2) is 7.62. The normalized spacial score (nSPS) is 18.1. The number of piperidine rings is 1. The number of halogens is 4. The van der Waals surface area contributed by atoms with Gasteiger partial charge in [-0.3, -0.25) is 4.79 Å². The summed E-state index contributed by atoms with van der Waals surface area (Å²) in [5, 5.41) is 12.5. The Labute approximate surface area is 170 Å². The third kappa shape index (κ3) is 3.48. The molecule has 0 bridgehead atoms. The summed E-state index contributed by atoms with van der Waals surface area (Å²) in [5.74, 6) is -1.57. The van der Waals surface area contributed by atoms with Crippen LogP contribution < -0.4 is 4.90 Å². The van der Waals surface area contributed by atoms with Crippen molar-refractivity contribution >= 4 is 17.4 Å². The predicted molar refractivity (Wildman–Crippen MR) is 102 cm³/mol. The molecule has 0 saturated carbocycles. The molecule has 2 aromatic carbocycles. The van der Waals surface area contributed by atoms with Gasteiger partial charge in [0.25, 0.3) is 0 Å². The number of benzene rings is 2. The van der Waals surface area contributed by atoms with E-state index in [0.29, 0.717) is 19.3 Å². The van der Waals surface area contributed by atoms with E-state index < -0.39 is 29.0 Å². The van der Waals surface area contributed by atoms with Crippen LogP contribution in [0.4, 0.5) is 23.2 Å². The quantitative estimate of drug-likeness (QED) is 0.262. The maximum Gasteiger partial charge on any atom is 0.417 e. The molecule has 2 aliphatic heterocycles. The number of para-hydroxylation sites is 1. The average Bonchev–Trinajstić information content (AvgIpc) is 3.05. The number of carbonyl (C=O) groups excluding carboxylic acids is 1. The molecule has 0 radical (unpaired) electrons. The van der Waals surface area contributed by atoms with Crippen molar-refractivity contribution in [3.8, 4) is 0 Å². The molecular weight excluding hydrogens is 402 g/mol. The summed E-state index contributed by atoms with van der Waals surface area (Å²) in [5.41, 5.74) is -0.163. The van der Waals surface area contributed by atoms with Crippen LogP contribution in [-0.4, -0.2) is 41.0 Å². The molecule has 2 aromatic rings. The van der Waals surface area contributed by atoms with Gasteiger partial charge in [-0.1, -0.05) is 29.4 Å². The topological polar surface area (TPSA) is 56.1 Å². The average molecular weight is 421 g/mol. The zero-order chi connectivity index (χ0) is 21.5. The zero-order valence-corrected chi connectivity index (χ0v) is 15.9. The summed E-state index contributed by atoms with van der Waals surface area (Å²) in [6.45, 7) is 0.448. The smallest absolute Gasteiger partial charge is 0.409 e. The molecule has 2 aliphatic rings. The minimum Gasteiger partial charge on any atom is -0.409 e. The van der Waals surface area contributed by atoms with Gasteiger partial charge in [-0.2, -0.15) is 13.2 Å². The van der Waals surface area contributed by atoms with Crippen molar-refractivity contribution in [1.82, 2.24) is 4.90 Å². The Kier molecular flexibility index (Phi) is 5.13. The molecule has 1 saturated heterocycles. The molecule has 0 aliphatic carbocycles. The fourth-order valence-electron chi connectivity index (χ4n) is 4.27. The number of hydrogen-bond acceptors (Lipinski definition) is 3. The summed E-state index contributed by atoms with van der Waals surface area (Å²) in [6.07, 6.45) is -3.56. The number of alkyl halides is 3. The first kappa shape index (κ1) is 20.2. The van der Waals surface area contributed by atoms with E-state index >= 15 is 0 Å². The zero-order valence-electron chi connectivity index (χ0n) is 15.9. The Morgan fingerprint density at radius 2 is 1.77 bits per heavy atom. The highest BCUT2D eigenvalue weighted by Gasteiger charge is 2.39. The number of amidine groups is 1. The molecule has 4 rings (SSSR count). The van der Waals surface area contributed by atoms with E-state index in [-0.39, 0.29) is 25.0 Å². The van der Waals surface area contributed by atoms with Crippen LogP contribution in [0.1, 0.15) is 29.5 Å². The van der Waals surface area contributed by atoms with E-state index in [0.717, 1.165) is 29.4 Å². The van der Waals surface area contributed by atoms with Crippen molar-refractivity contribution in [2.75, 3.05) is 18.0 Å². The van der Waals surface area contributed by atoms with E-state index in [9.17, 15) is 27.6 Å². The van der Waals surface area contributed by atoms with Gasteiger partial charge in [0.05, 0.1) is 17.5 Å². The van der Waals surface area contributed by atoms with Gasteiger partial charge in [0, 0.05) is 24.8 Å². The second-order valence-corrected chi connectivity index (χ2v) is 7.37. The molecule has 0 spiro atoms. The van der Waals surface area contributed by atoms with Gasteiger partial charge in [0.1, 0.15) is 5.82 Å². The lowest BCUT2D eigenvalue weighted by atomic mass is 9.99. The maximum absolute atomic E-state index is 14.3. The Hall–Kier alpha value is -3.10. The minimum absolute atomic E-state index is 0.0147. The van der Waals surface area contributed by atoms with Crippen LogP contribution in [0.25, 0.3) is 0 Å². The maximum atomic E-state index is 14.3. The number of carbonyl (C=O) groups is 1. The predicted octanol–water partition coefficient (Wildman–Crippen LogP) is 4.03. The summed E-state index contributed by atoms with van der Waals surface area (Å²) < 4.78 is 54.5. The van der Waals surface area contributed by atoms with E-state index in [2.05, 4.69) is 5.16 Å². The number of anilines is 1. The van der Waals surface area contributed by atoms with Crippen molar-refractivity contribution in [1.29, 1.82) is 0 Å². The minimum atomic E-state index is -4.79. The Balaban J connectivity index is 1.56. The van der Waals surface area contributed by atoms with Gasteiger partial charge < -0.3 is 15.0 Å². The lowest BCUT2D eigenvalue weighted by Crippen LogP contribution is -2.48. The molecule has 1 amide bonds. The largest absolute Gasteiger partial charge is 0.417 e. The fraction of sp³-hybridized carbons (Fsp3) is 0.333. The number of oxime groups is 1. The highest BCUT2D eigenvalue weighted by molar-refractivity contribution is 6.02. The first-order chi connectivity index (χ1) is 14.3. The number of nitrogens with zero attached hydrogens (tertiary/aromatic N) is 3. The molecule has 0 aromatic heterocycles. The molecule has 2 heterocycles. The van der Waals surface area contributed by atoms with Crippen LogP contribution in [0.3, 0.4) is 0 Å². The molecule has 5 nitrogen and oxygen atoms in total. The van der Waals surface area contributed by atoms with Crippen molar-refractivity contribution in [2.24, 2.45) is 5.16 Å². The highest BCUT2D eigenvalue weighted by atomic mass is 19.4. The molecule has 9 heteroatoms. The van der Waals surface area contributed by atoms with Gasteiger partial charge >= 0.3 is 6.18 Å². The third-order valence-corrected chi connectivity index (χ3v) is 5.63. The van der Waals surface area contributed by atoms with Crippen LogP contribution in [0, 0.1) is 5.82 Å². The van der Waals surface area contributed by atoms with E-state index in [1.54, 1.807) is 4.90 Å². The molecular formula is C21H19F4N3O2. The number of fused-ring (bicyclic) bond motifs is 1. The van der Waals surface area contributed by atoms with Crippen molar-refractivity contribution in [3.05, 3.63) is 65.0 Å². The first-order valence-corrected chi connectivity index (χ1v) is 9.54. The van der Waals surface area contributed by atoms with E-state index in [1.807, 2.05) is 24.3 Å². The monoisotopic (exact) mass is 421 g/mol. The van der Waals surface area contributed by atoms with E-state index in [1.165, 1.54) is 4.90 Å². The van der Waals surface area contributed by atoms with Crippen LogP contribution in [0.5, 0.6) is 0 Å². The molecule has 0 unspecified atom stereocenters. The second-order valence-electron chi connectivity index (χ2n) is 7.37. The van der Waals surface area contributed by atoms with Crippen molar-refractivity contribution < 1.29 is 27.6 Å². The highest BCUT2D eigenvalue weighted by Crippen LogP contribution is 2.36. The van der Waals surface area contributed by atoms with Crippen molar-refractivity contribution in [3.63, 3.8) is 0 Å². The molecule has 30 heavy (non-hydrogen) atoms. The molecule has 1 N–H and O–H groups in total. The van der Waals surface area contributed by atoms with E-state index in [4.69, 9.17) is 0 Å². The Bertz CT molecular complexity index is 998. The fourth-order valence-corrected chi connectivity index (χ4v) is 4.27. The number of rotatable bonds is 2. The number of hydrogen-bond donors (Lipinski definition) is 1. The van der Waals surface area contributed by atoms with Gasteiger partial charge in [-0.15, -0.1) is 0 Å². The lowest BCUT2D eigenvalue weighted by Gasteiger charge is -2.38. The van der Waals surface area contributed by atoms with Crippen LogP contribution in [0.15, 0.2) is 47.6 Å². The van der Waals surface area contributed by atoms with Crippen molar-refractivity contribution in [2.45, 2.75) is 31.5 Å². The number of amides is 1. The SMILES string of the molecule is O=C1Cc2ccccc2N1C1CCN(C(=NO)c2c(F)cccc2C(F)(F)F)CC1.